The molecule has 0 aliphatic rings. The number of rotatable bonds is 2. The minimum atomic E-state index is -0.526. The molecule has 2 aromatic rings. The molecule has 2 rings (SSSR count). The lowest BCUT2D eigenvalue weighted by Crippen LogP contribution is -1.97. The number of halogens is 2. The third kappa shape index (κ3) is 1.75. The molecular formula is C11H8ClFO2. The van der Waals surface area contributed by atoms with E-state index in [0.29, 0.717) is 16.5 Å². The predicted molar refractivity (Wildman–Crippen MR) is 55.6 cm³/mol. The average Bonchev–Trinajstić information content (AvgIpc) is 2.61. The van der Waals surface area contributed by atoms with Crippen molar-refractivity contribution < 1.29 is 13.6 Å². The van der Waals surface area contributed by atoms with E-state index in [2.05, 4.69) is 0 Å². The van der Waals surface area contributed by atoms with E-state index in [1.54, 1.807) is 6.07 Å². The molecule has 0 bridgehead atoms. The molecule has 0 N–H and O–H groups in total. The molecule has 0 aliphatic carbocycles. The van der Waals surface area contributed by atoms with Crippen molar-refractivity contribution in [2.45, 2.75) is 13.3 Å². The van der Waals surface area contributed by atoms with Gasteiger partial charge in [0.05, 0.1) is 11.3 Å². The molecular weight excluding hydrogens is 219 g/mol. The zero-order valence-corrected chi connectivity index (χ0v) is 8.77. The van der Waals surface area contributed by atoms with Crippen molar-refractivity contribution >= 4 is 28.4 Å². The summed E-state index contributed by atoms with van der Waals surface area (Å²) in [5, 5.41) is 0.541. The first kappa shape index (κ1) is 10.2. The van der Waals surface area contributed by atoms with E-state index in [1.165, 1.54) is 19.3 Å². The highest BCUT2D eigenvalue weighted by Gasteiger charge is 2.14. The minimum Gasteiger partial charge on any atom is -0.464 e. The standard InChI is InChI=1S/C11H8ClFO2/c1-6(14)4-7-5-9(13)10(12)8-2-3-15-11(7)8/h2-3,5H,4H2,1H3. The van der Waals surface area contributed by atoms with Crippen LogP contribution in [0.3, 0.4) is 0 Å². The van der Waals surface area contributed by atoms with Crippen LogP contribution in [0.15, 0.2) is 22.8 Å². The third-order valence-corrected chi connectivity index (χ3v) is 2.53. The number of furan rings is 1. The number of benzene rings is 1. The summed E-state index contributed by atoms with van der Waals surface area (Å²) in [6.07, 6.45) is 1.58. The Kier molecular flexibility index (Phi) is 2.49. The Morgan fingerprint density at radius 1 is 1.60 bits per heavy atom. The van der Waals surface area contributed by atoms with Gasteiger partial charge < -0.3 is 4.42 Å². The van der Waals surface area contributed by atoms with Crippen LogP contribution >= 0.6 is 11.6 Å². The topological polar surface area (TPSA) is 30.2 Å². The van der Waals surface area contributed by atoms with E-state index in [1.807, 2.05) is 0 Å². The van der Waals surface area contributed by atoms with E-state index >= 15 is 0 Å². The molecule has 2 nitrogen and oxygen atoms in total. The number of hydrogen-bond donors (Lipinski definition) is 0. The second-order valence-corrected chi connectivity index (χ2v) is 3.75. The van der Waals surface area contributed by atoms with Gasteiger partial charge in [-0.25, -0.2) is 4.39 Å². The van der Waals surface area contributed by atoms with Gasteiger partial charge in [-0.05, 0) is 19.1 Å². The van der Waals surface area contributed by atoms with Crippen molar-refractivity contribution in [2.75, 3.05) is 0 Å². The van der Waals surface area contributed by atoms with E-state index in [4.69, 9.17) is 16.0 Å². The highest BCUT2D eigenvalue weighted by molar-refractivity contribution is 6.35. The summed E-state index contributed by atoms with van der Waals surface area (Å²) >= 11 is 5.76. The van der Waals surface area contributed by atoms with Gasteiger partial charge in [-0.3, -0.25) is 4.79 Å². The zero-order valence-electron chi connectivity index (χ0n) is 8.01. The van der Waals surface area contributed by atoms with Crippen molar-refractivity contribution in [1.29, 1.82) is 0 Å². The molecule has 78 valence electrons. The van der Waals surface area contributed by atoms with E-state index in [0.717, 1.165) is 0 Å². The van der Waals surface area contributed by atoms with Crippen LogP contribution in [0.25, 0.3) is 11.0 Å². The summed E-state index contributed by atoms with van der Waals surface area (Å²) in [7, 11) is 0. The van der Waals surface area contributed by atoms with Crippen LogP contribution in [0.2, 0.25) is 5.02 Å². The van der Waals surface area contributed by atoms with E-state index < -0.39 is 5.82 Å². The maximum Gasteiger partial charge on any atom is 0.142 e. The minimum absolute atomic E-state index is 0.0334. The number of Topliss-reactive ketones (excluding diaryl/α,β-unsaturated/α-hetero) is 1. The summed E-state index contributed by atoms with van der Waals surface area (Å²) < 4.78 is 18.5. The lowest BCUT2D eigenvalue weighted by atomic mass is 10.1. The average molecular weight is 227 g/mol. The lowest BCUT2D eigenvalue weighted by molar-refractivity contribution is -0.116. The molecule has 0 unspecified atom stereocenters. The molecule has 0 atom stereocenters. The van der Waals surface area contributed by atoms with Gasteiger partial charge in [-0.1, -0.05) is 11.6 Å². The summed E-state index contributed by atoms with van der Waals surface area (Å²) in [5.74, 6) is -0.573. The van der Waals surface area contributed by atoms with Gasteiger partial charge in [0, 0.05) is 17.4 Å². The first-order valence-corrected chi connectivity index (χ1v) is 4.81. The first-order chi connectivity index (χ1) is 7.09. The van der Waals surface area contributed by atoms with E-state index in [-0.39, 0.29) is 17.2 Å². The number of carbonyl (C=O) groups is 1. The Bertz CT molecular complexity index is 531. The van der Waals surface area contributed by atoms with Gasteiger partial charge in [0.15, 0.2) is 0 Å². The summed E-state index contributed by atoms with van der Waals surface area (Å²) in [6, 6.07) is 2.83. The maximum absolute atomic E-state index is 13.4. The number of carbonyl (C=O) groups excluding carboxylic acids is 1. The van der Waals surface area contributed by atoms with Crippen molar-refractivity contribution in [2.24, 2.45) is 0 Å². The summed E-state index contributed by atoms with van der Waals surface area (Å²) in [5.41, 5.74) is 1.01. The van der Waals surface area contributed by atoms with Crippen LogP contribution in [0.1, 0.15) is 12.5 Å². The maximum atomic E-state index is 13.4. The predicted octanol–water partition coefficient (Wildman–Crippen LogP) is 3.36. The molecule has 15 heavy (non-hydrogen) atoms. The third-order valence-electron chi connectivity index (χ3n) is 2.14. The van der Waals surface area contributed by atoms with Crippen molar-refractivity contribution in [3.05, 3.63) is 34.8 Å². The highest BCUT2D eigenvalue weighted by atomic mass is 35.5. The van der Waals surface area contributed by atoms with Gasteiger partial charge in [0.1, 0.15) is 17.2 Å². The first-order valence-electron chi connectivity index (χ1n) is 4.43. The molecule has 1 heterocycles. The van der Waals surface area contributed by atoms with Crippen LogP contribution in [-0.2, 0) is 11.2 Å². The van der Waals surface area contributed by atoms with Crippen LogP contribution in [0, 0.1) is 5.82 Å². The molecule has 0 amide bonds. The van der Waals surface area contributed by atoms with Crippen molar-refractivity contribution in [3.8, 4) is 0 Å². The van der Waals surface area contributed by atoms with Crippen LogP contribution in [0.5, 0.6) is 0 Å². The van der Waals surface area contributed by atoms with Crippen molar-refractivity contribution in [1.82, 2.24) is 0 Å². The molecule has 0 spiro atoms. The van der Waals surface area contributed by atoms with Crippen LogP contribution in [0.4, 0.5) is 4.39 Å². The number of hydrogen-bond acceptors (Lipinski definition) is 2. The lowest BCUT2D eigenvalue weighted by Gasteiger charge is -2.02. The Hall–Kier alpha value is -1.35. The smallest absolute Gasteiger partial charge is 0.142 e. The number of fused-ring (bicyclic) bond motifs is 1. The van der Waals surface area contributed by atoms with Gasteiger partial charge in [-0.2, -0.15) is 0 Å². The summed E-state index contributed by atoms with van der Waals surface area (Å²) in [4.78, 5) is 11.0. The fraction of sp³-hybridized carbons (Fsp3) is 0.182. The molecule has 0 radical (unpaired) electrons. The highest BCUT2D eigenvalue weighted by Crippen LogP contribution is 2.30. The largest absolute Gasteiger partial charge is 0.464 e. The van der Waals surface area contributed by atoms with Gasteiger partial charge in [0.2, 0.25) is 0 Å². The van der Waals surface area contributed by atoms with Gasteiger partial charge in [-0.15, -0.1) is 0 Å². The second kappa shape index (κ2) is 3.66. The van der Waals surface area contributed by atoms with Crippen LogP contribution in [-0.4, -0.2) is 5.78 Å². The molecule has 4 heteroatoms. The molecule has 0 saturated carbocycles. The van der Waals surface area contributed by atoms with Crippen molar-refractivity contribution in [3.63, 3.8) is 0 Å². The Labute approximate surface area is 90.6 Å². The fourth-order valence-corrected chi connectivity index (χ4v) is 1.74. The van der Waals surface area contributed by atoms with E-state index in [9.17, 15) is 9.18 Å². The molecule has 1 aromatic heterocycles. The molecule has 1 aromatic carbocycles. The Balaban J connectivity index is 2.68. The number of ketones is 1. The van der Waals surface area contributed by atoms with Gasteiger partial charge >= 0.3 is 0 Å². The Morgan fingerprint density at radius 3 is 3.00 bits per heavy atom. The molecule has 0 saturated heterocycles. The second-order valence-electron chi connectivity index (χ2n) is 3.37. The van der Waals surface area contributed by atoms with Crippen LogP contribution < -0.4 is 0 Å². The zero-order chi connectivity index (χ0) is 11.0. The summed E-state index contributed by atoms with van der Waals surface area (Å²) in [6.45, 7) is 1.45. The quantitative estimate of drug-likeness (QED) is 0.786. The monoisotopic (exact) mass is 226 g/mol. The molecule has 0 aliphatic heterocycles. The SMILES string of the molecule is CC(=O)Cc1cc(F)c(Cl)c2ccoc12. The Morgan fingerprint density at radius 2 is 2.33 bits per heavy atom. The van der Waals surface area contributed by atoms with Gasteiger partial charge in [0.25, 0.3) is 0 Å². The normalized spacial score (nSPS) is 10.9. The molecule has 0 fully saturated rings. The fourth-order valence-electron chi connectivity index (χ4n) is 1.54.